The van der Waals surface area contributed by atoms with Crippen LogP contribution in [0, 0.1) is 23.2 Å². The summed E-state index contributed by atoms with van der Waals surface area (Å²) in [6, 6.07) is 0. The molecule has 4 saturated carbocycles. The van der Waals surface area contributed by atoms with Gasteiger partial charge in [0.1, 0.15) is 5.60 Å². The zero-order valence-electron chi connectivity index (χ0n) is 15.8. The molecule has 4 fully saturated rings. The molecule has 4 aliphatic carbocycles. The fourth-order valence-corrected chi connectivity index (χ4v) is 5.83. The van der Waals surface area contributed by atoms with Gasteiger partial charge in [-0.25, -0.2) is 4.79 Å². The summed E-state index contributed by atoms with van der Waals surface area (Å²) in [5.74, 6) is -8.19. The second-order valence-corrected chi connectivity index (χ2v) is 9.02. The zero-order chi connectivity index (χ0) is 20.2. The molecule has 0 aromatic rings. The number of halogens is 2. The molecule has 27 heavy (non-hydrogen) atoms. The molecule has 0 aliphatic heterocycles. The number of esters is 2. The molecular weight excluding hydrogens is 362 g/mol. The van der Waals surface area contributed by atoms with Crippen LogP contribution in [0.4, 0.5) is 8.78 Å². The van der Waals surface area contributed by atoms with E-state index >= 15 is 0 Å². The third-order valence-electron chi connectivity index (χ3n) is 6.28. The van der Waals surface area contributed by atoms with Crippen LogP contribution in [-0.4, -0.2) is 40.6 Å². The van der Waals surface area contributed by atoms with Gasteiger partial charge in [-0.15, -0.1) is 0 Å². The number of carboxylic acids is 1. The van der Waals surface area contributed by atoms with Gasteiger partial charge in [-0.3, -0.25) is 9.59 Å². The highest BCUT2D eigenvalue weighted by Gasteiger charge is 2.64. The van der Waals surface area contributed by atoms with Crippen molar-refractivity contribution in [1.29, 1.82) is 0 Å². The summed E-state index contributed by atoms with van der Waals surface area (Å²) in [6.45, 7) is 4.12. The zero-order valence-corrected chi connectivity index (χ0v) is 15.8. The molecule has 0 amide bonds. The van der Waals surface area contributed by atoms with Gasteiger partial charge in [-0.05, 0) is 49.9 Å². The summed E-state index contributed by atoms with van der Waals surface area (Å²) >= 11 is 0. The maximum Gasteiger partial charge on any atom is 0.378 e. The van der Waals surface area contributed by atoms with E-state index in [4.69, 9.17) is 14.6 Å². The van der Waals surface area contributed by atoms with E-state index in [9.17, 15) is 23.2 Å². The number of aliphatic carboxylic acids is 1. The minimum atomic E-state index is -4.17. The Bertz CT molecular complexity index is 645. The first-order valence-corrected chi connectivity index (χ1v) is 9.41. The third-order valence-corrected chi connectivity index (χ3v) is 6.28. The summed E-state index contributed by atoms with van der Waals surface area (Å²) in [5, 5.41) is 8.85. The van der Waals surface area contributed by atoms with Gasteiger partial charge in [-0.2, -0.15) is 8.78 Å². The Morgan fingerprint density at radius 2 is 1.67 bits per heavy atom. The number of hydrogen-bond acceptors (Lipinski definition) is 5. The van der Waals surface area contributed by atoms with Crippen molar-refractivity contribution in [2.75, 3.05) is 0 Å². The van der Waals surface area contributed by atoms with Crippen molar-refractivity contribution in [3.05, 3.63) is 0 Å². The van der Waals surface area contributed by atoms with Crippen LogP contribution < -0.4 is 0 Å². The van der Waals surface area contributed by atoms with Gasteiger partial charge < -0.3 is 14.6 Å². The van der Waals surface area contributed by atoms with E-state index in [0.717, 1.165) is 6.42 Å². The molecule has 0 spiro atoms. The molecule has 8 heteroatoms. The topological polar surface area (TPSA) is 89.9 Å². The standard InChI is InChI=1S/C19H26F2O6/c1-10(2)14(19(20,21)15(23)24)26-16(25)17-5-12-4-13(6-17)8-18(7-12,9-17)27-11(3)22/h10,12-14H,4-9H2,1-3H3,(H,23,24). The molecule has 4 aliphatic rings. The molecule has 6 nitrogen and oxygen atoms in total. The van der Waals surface area contributed by atoms with E-state index in [1.165, 1.54) is 20.8 Å². The predicted octanol–water partition coefficient (Wildman–Crippen LogP) is 3.18. The summed E-state index contributed by atoms with van der Waals surface area (Å²) in [4.78, 5) is 35.6. The van der Waals surface area contributed by atoms with Gasteiger partial charge in [0.15, 0.2) is 6.10 Å². The van der Waals surface area contributed by atoms with Crippen molar-refractivity contribution in [1.82, 2.24) is 0 Å². The molecule has 0 radical (unpaired) electrons. The molecule has 3 atom stereocenters. The molecule has 0 heterocycles. The molecule has 4 bridgehead atoms. The van der Waals surface area contributed by atoms with Crippen molar-refractivity contribution in [3.8, 4) is 0 Å². The van der Waals surface area contributed by atoms with Crippen LogP contribution in [0.1, 0.15) is 59.3 Å². The van der Waals surface area contributed by atoms with Crippen molar-refractivity contribution in [3.63, 3.8) is 0 Å². The molecular formula is C19H26F2O6. The van der Waals surface area contributed by atoms with E-state index in [0.29, 0.717) is 25.7 Å². The highest BCUT2D eigenvalue weighted by molar-refractivity contribution is 5.80. The fourth-order valence-electron chi connectivity index (χ4n) is 5.83. The van der Waals surface area contributed by atoms with Crippen molar-refractivity contribution in [2.24, 2.45) is 23.2 Å². The molecule has 3 unspecified atom stereocenters. The molecule has 0 aromatic carbocycles. The Morgan fingerprint density at radius 3 is 2.11 bits per heavy atom. The van der Waals surface area contributed by atoms with Gasteiger partial charge in [0.2, 0.25) is 0 Å². The number of carboxylic acid groups (broad SMARTS) is 1. The molecule has 4 rings (SSSR count). The second kappa shape index (κ2) is 6.41. The smallest absolute Gasteiger partial charge is 0.378 e. The van der Waals surface area contributed by atoms with E-state index in [1.807, 2.05) is 0 Å². The van der Waals surface area contributed by atoms with Crippen LogP contribution in [0.3, 0.4) is 0 Å². The maximum absolute atomic E-state index is 14.1. The quantitative estimate of drug-likeness (QED) is 0.703. The largest absolute Gasteiger partial charge is 0.477 e. The van der Waals surface area contributed by atoms with Gasteiger partial charge in [0, 0.05) is 13.3 Å². The summed E-state index contributed by atoms with van der Waals surface area (Å²) in [6.07, 6.45) is 1.52. The van der Waals surface area contributed by atoms with Crippen molar-refractivity contribution < 1.29 is 37.7 Å². The first kappa shape index (κ1) is 20.0. The van der Waals surface area contributed by atoms with Crippen LogP contribution in [-0.2, 0) is 23.9 Å². The SMILES string of the molecule is CC(=O)OC12CC3CC(C1)CC(C(=O)OC(C(C)C)C(F)(F)C(=O)O)(C3)C2. The van der Waals surface area contributed by atoms with E-state index in [-0.39, 0.29) is 18.3 Å². The molecule has 0 aromatic heterocycles. The van der Waals surface area contributed by atoms with Crippen LogP contribution in [0.2, 0.25) is 0 Å². The van der Waals surface area contributed by atoms with E-state index < -0.39 is 46.9 Å². The fraction of sp³-hybridized carbons (Fsp3) is 0.842. The lowest BCUT2D eigenvalue weighted by atomic mass is 9.48. The van der Waals surface area contributed by atoms with Crippen LogP contribution >= 0.6 is 0 Å². The number of hydrogen-bond donors (Lipinski definition) is 1. The van der Waals surface area contributed by atoms with E-state index in [2.05, 4.69) is 0 Å². The minimum Gasteiger partial charge on any atom is -0.477 e. The summed E-state index contributed by atoms with van der Waals surface area (Å²) in [5.41, 5.74) is -1.72. The summed E-state index contributed by atoms with van der Waals surface area (Å²) < 4.78 is 38.9. The van der Waals surface area contributed by atoms with Crippen LogP contribution in [0.5, 0.6) is 0 Å². The Labute approximate surface area is 156 Å². The number of ether oxygens (including phenoxy) is 2. The second-order valence-electron chi connectivity index (χ2n) is 9.02. The Hall–Kier alpha value is -1.73. The number of rotatable bonds is 6. The lowest BCUT2D eigenvalue weighted by Crippen LogP contribution is -2.61. The number of carbonyl (C=O) groups excluding carboxylic acids is 2. The van der Waals surface area contributed by atoms with Gasteiger partial charge >= 0.3 is 23.8 Å². The first-order chi connectivity index (χ1) is 12.4. The van der Waals surface area contributed by atoms with Crippen LogP contribution in [0.25, 0.3) is 0 Å². The normalized spacial score (nSPS) is 35.8. The average molecular weight is 388 g/mol. The first-order valence-electron chi connectivity index (χ1n) is 9.41. The minimum absolute atomic E-state index is 0.177. The van der Waals surface area contributed by atoms with Crippen molar-refractivity contribution in [2.45, 2.75) is 76.9 Å². The molecule has 152 valence electrons. The van der Waals surface area contributed by atoms with Gasteiger partial charge in [0.25, 0.3) is 0 Å². The monoisotopic (exact) mass is 388 g/mol. The van der Waals surface area contributed by atoms with Gasteiger partial charge in [0.05, 0.1) is 5.41 Å². The maximum atomic E-state index is 14.1. The Kier molecular flexibility index (Phi) is 4.75. The molecule has 1 N–H and O–H groups in total. The lowest BCUT2D eigenvalue weighted by Gasteiger charge is -2.59. The van der Waals surface area contributed by atoms with E-state index in [1.54, 1.807) is 0 Å². The average Bonchev–Trinajstić information content (AvgIpc) is 2.48. The van der Waals surface area contributed by atoms with Gasteiger partial charge in [-0.1, -0.05) is 13.8 Å². The van der Waals surface area contributed by atoms with Crippen LogP contribution in [0.15, 0.2) is 0 Å². The lowest BCUT2D eigenvalue weighted by molar-refractivity contribution is -0.227. The van der Waals surface area contributed by atoms with Crippen molar-refractivity contribution >= 4 is 17.9 Å². The Balaban J connectivity index is 1.85. The highest BCUT2D eigenvalue weighted by Crippen LogP contribution is 2.63. The number of carbonyl (C=O) groups is 3. The third kappa shape index (κ3) is 3.43. The Morgan fingerprint density at radius 1 is 1.11 bits per heavy atom. The number of alkyl halides is 2. The summed E-state index contributed by atoms with van der Waals surface area (Å²) in [7, 11) is 0. The molecule has 0 saturated heterocycles. The predicted molar refractivity (Wildman–Crippen MR) is 88.9 cm³/mol. The highest BCUT2D eigenvalue weighted by atomic mass is 19.3.